The molecule has 0 aromatic carbocycles. The van der Waals surface area contributed by atoms with Gasteiger partial charge in [0.25, 0.3) is 0 Å². The summed E-state index contributed by atoms with van der Waals surface area (Å²) in [7, 11) is 1.78. The highest BCUT2D eigenvalue weighted by Gasteiger charge is 2.13. The number of nitrogens with one attached hydrogen (secondary N) is 2. The first kappa shape index (κ1) is 10.7. The Bertz CT molecular complexity index is 709. The van der Waals surface area contributed by atoms with Crippen molar-refractivity contribution in [2.24, 2.45) is 0 Å². The van der Waals surface area contributed by atoms with Crippen molar-refractivity contribution in [3.05, 3.63) is 23.8 Å². The zero-order chi connectivity index (χ0) is 12.7. The first-order valence-electron chi connectivity index (χ1n) is 5.61. The zero-order valence-electron chi connectivity index (χ0n) is 10.4. The Kier molecular flexibility index (Phi) is 2.26. The summed E-state index contributed by atoms with van der Waals surface area (Å²) in [5.41, 5.74) is 3.37. The minimum Gasteiger partial charge on any atom is -0.357 e. The van der Waals surface area contributed by atoms with Gasteiger partial charge in [-0.3, -0.25) is 0 Å². The van der Waals surface area contributed by atoms with Gasteiger partial charge in [0.1, 0.15) is 5.52 Å². The summed E-state index contributed by atoms with van der Waals surface area (Å²) in [5, 5.41) is 7.36. The fraction of sp³-hybridized carbons (Fsp3) is 0.273. The van der Waals surface area contributed by atoms with Crippen molar-refractivity contribution >= 4 is 17.1 Å². The topological polar surface area (TPSA) is 84.3 Å². The summed E-state index contributed by atoms with van der Waals surface area (Å²) in [6, 6.07) is 2.00. The van der Waals surface area contributed by atoms with Crippen LogP contribution in [0.15, 0.2) is 12.4 Å². The van der Waals surface area contributed by atoms with E-state index in [1.165, 1.54) is 0 Å². The van der Waals surface area contributed by atoms with E-state index in [0.29, 0.717) is 17.4 Å². The normalized spacial score (nSPS) is 11.1. The van der Waals surface area contributed by atoms with Crippen molar-refractivity contribution in [2.75, 3.05) is 12.4 Å². The van der Waals surface area contributed by atoms with Crippen LogP contribution < -0.4 is 5.32 Å². The Morgan fingerprint density at radius 1 is 1.28 bits per heavy atom. The lowest BCUT2D eigenvalue weighted by Gasteiger charge is -2.06. The van der Waals surface area contributed by atoms with Crippen molar-refractivity contribution in [3.63, 3.8) is 0 Å². The van der Waals surface area contributed by atoms with Crippen molar-refractivity contribution in [1.29, 1.82) is 0 Å². The largest absolute Gasteiger partial charge is 0.357 e. The first-order chi connectivity index (χ1) is 8.69. The van der Waals surface area contributed by atoms with Crippen molar-refractivity contribution in [2.45, 2.75) is 13.8 Å². The number of H-pyrrole nitrogens is 1. The van der Waals surface area contributed by atoms with Crippen LogP contribution in [-0.4, -0.2) is 36.8 Å². The zero-order valence-corrected chi connectivity index (χ0v) is 10.4. The van der Waals surface area contributed by atoms with Gasteiger partial charge >= 0.3 is 0 Å². The van der Waals surface area contributed by atoms with Crippen LogP contribution in [0, 0.1) is 13.8 Å². The number of imidazole rings is 1. The summed E-state index contributed by atoms with van der Waals surface area (Å²) in [4.78, 5) is 15.9. The number of fused-ring (bicyclic) bond motifs is 1. The molecule has 0 aliphatic heterocycles. The number of aryl methyl sites for hydroxylation is 2. The highest BCUT2D eigenvalue weighted by atomic mass is 15.3. The molecule has 0 saturated carbocycles. The van der Waals surface area contributed by atoms with Gasteiger partial charge in [0.05, 0.1) is 12.0 Å². The summed E-state index contributed by atoms with van der Waals surface area (Å²) in [6.45, 7) is 3.94. The molecule has 0 amide bonds. The number of aromatic amines is 1. The second-order valence-electron chi connectivity index (χ2n) is 4.06. The molecule has 7 heteroatoms. The fourth-order valence-electron chi connectivity index (χ4n) is 1.93. The quantitative estimate of drug-likeness (QED) is 0.706. The molecule has 0 aliphatic rings. The predicted octanol–water partition coefficient (Wildman–Crippen LogP) is 1.20. The molecule has 3 rings (SSSR count). The molecule has 3 aromatic rings. The summed E-state index contributed by atoms with van der Waals surface area (Å²) in [5.74, 6) is 1.23. The molecule has 0 fully saturated rings. The predicted molar refractivity (Wildman–Crippen MR) is 67.8 cm³/mol. The highest BCUT2D eigenvalue weighted by molar-refractivity contribution is 5.79. The standard InChI is InChI=1S/C11H13N7/c1-6-4-7(2)18(17-6)10-8-9(14-5-13-8)15-11(12-3)16-10/h4-5H,1-3H3,(H2,12,13,14,15,16). The van der Waals surface area contributed by atoms with Crippen LogP contribution >= 0.6 is 0 Å². The van der Waals surface area contributed by atoms with Crippen LogP contribution in [0.25, 0.3) is 17.0 Å². The summed E-state index contributed by atoms with van der Waals surface area (Å²) < 4.78 is 1.79. The molecule has 92 valence electrons. The van der Waals surface area contributed by atoms with E-state index in [1.54, 1.807) is 18.1 Å². The van der Waals surface area contributed by atoms with E-state index >= 15 is 0 Å². The van der Waals surface area contributed by atoms with E-state index in [9.17, 15) is 0 Å². The Hall–Kier alpha value is -2.44. The van der Waals surface area contributed by atoms with E-state index in [0.717, 1.165) is 16.9 Å². The fourth-order valence-corrected chi connectivity index (χ4v) is 1.93. The minimum atomic E-state index is 0.525. The molecule has 0 unspecified atom stereocenters. The van der Waals surface area contributed by atoms with Gasteiger partial charge in [-0.15, -0.1) is 0 Å². The van der Waals surface area contributed by atoms with Gasteiger partial charge in [-0.2, -0.15) is 15.1 Å². The third-order valence-electron chi connectivity index (χ3n) is 2.70. The Morgan fingerprint density at radius 3 is 2.78 bits per heavy atom. The van der Waals surface area contributed by atoms with Crippen LogP contribution in [-0.2, 0) is 0 Å². The van der Waals surface area contributed by atoms with Crippen LogP contribution in [0.1, 0.15) is 11.4 Å². The summed E-state index contributed by atoms with van der Waals surface area (Å²) in [6.07, 6.45) is 1.61. The molecule has 0 saturated heterocycles. The molecule has 0 spiro atoms. The van der Waals surface area contributed by atoms with Gasteiger partial charge in [-0.1, -0.05) is 0 Å². The second-order valence-corrected chi connectivity index (χ2v) is 4.06. The molecule has 2 N–H and O–H groups in total. The van der Waals surface area contributed by atoms with Crippen molar-refractivity contribution in [1.82, 2.24) is 29.7 Å². The molecule has 0 radical (unpaired) electrons. The SMILES string of the molecule is CNc1nc(-n2nc(C)cc2C)c2[nH]cnc2n1. The molecule has 7 nitrogen and oxygen atoms in total. The molecular formula is C11H13N7. The second kappa shape index (κ2) is 3.80. The third kappa shape index (κ3) is 1.52. The number of hydrogen-bond donors (Lipinski definition) is 2. The lowest BCUT2D eigenvalue weighted by molar-refractivity contribution is 0.809. The Labute approximate surface area is 103 Å². The van der Waals surface area contributed by atoms with E-state index in [2.05, 4.69) is 30.4 Å². The number of aromatic nitrogens is 6. The average molecular weight is 243 g/mol. The number of rotatable bonds is 2. The average Bonchev–Trinajstić information content (AvgIpc) is 2.94. The first-order valence-corrected chi connectivity index (χ1v) is 5.61. The van der Waals surface area contributed by atoms with Crippen molar-refractivity contribution in [3.8, 4) is 5.82 Å². The van der Waals surface area contributed by atoms with Crippen LogP contribution in [0.5, 0.6) is 0 Å². The number of hydrogen-bond acceptors (Lipinski definition) is 5. The Morgan fingerprint density at radius 2 is 2.11 bits per heavy atom. The van der Waals surface area contributed by atoms with Gasteiger partial charge in [-0.05, 0) is 19.9 Å². The van der Waals surface area contributed by atoms with Gasteiger partial charge < -0.3 is 10.3 Å². The van der Waals surface area contributed by atoms with Crippen LogP contribution in [0.4, 0.5) is 5.95 Å². The van der Waals surface area contributed by atoms with Crippen molar-refractivity contribution < 1.29 is 0 Å². The molecular weight excluding hydrogens is 230 g/mol. The number of anilines is 1. The van der Waals surface area contributed by atoms with Gasteiger partial charge in [0, 0.05) is 12.7 Å². The summed E-state index contributed by atoms with van der Waals surface area (Å²) >= 11 is 0. The van der Waals surface area contributed by atoms with E-state index in [4.69, 9.17) is 0 Å². The van der Waals surface area contributed by atoms with Crippen LogP contribution in [0.2, 0.25) is 0 Å². The third-order valence-corrected chi connectivity index (χ3v) is 2.70. The maximum Gasteiger partial charge on any atom is 0.226 e. The smallest absolute Gasteiger partial charge is 0.226 e. The molecule has 3 aromatic heterocycles. The lowest BCUT2D eigenvalue weighted by atomic mass is 10.4. The molecule has 3 heterocycles. The molecule has 0 atom stereocenters. The van der Waals surface area contributed by atoms with E-state index < -0.39 is 0 Å². The monoisotopic (exact) mass is 243 g/mol. The molecule has 0 aliphatic carbocycles. The number of nitrogens with zero attached hydrogens (tertiary/aromatic N) is 5. The maximum absolute atomic E-state index is 4.44. The molecule has 18 heavy (non-hydrogen) atoms. The minimum absolute atomic E-state index is 0.525. The van der Waals surface area contributed by atoms with E-state index in [-0.39, 0.29) is 0 Å². The molecule has 0 bridgehead atoms. The highest BCUT2D eigenvalue weighted by Crippen LogP contribution is 2.19. The lowest BCUT2D eigenvalue weighted by Crippen LogP contribution is -2.07. The van der Waals surface area contributed by atoms with Gasteiger partial charge in [0.15, 0.2) is 11.5 Å². The Balaban J connectivity index is 2.33. The van der Waals surface area contributed by atoms with Crippen LogP contribution in [0.3, 0.4) is 0 Å². The van der Waals surface area contributed by atoms with E-state index in [1.807, 2.05) is 19.9 Å². The van der Waals surface area contributed by atoms with Gasteiger partial charge in [-0.25, -0.2) is 9.67 Å². The van der Waals surface area contributed by atoms with Gasteiger partial charge in [0.2, 0.25) is 5.95 Å². The maximum atomic E-state index is 4.44.